The monoisotopic (exact) mass is 365 g/mol. The number of rotatable bonds is 3. The number of hydrogen-bond acceptors (Lipinski definition) is 3. The van der Waals surface area contributed by atoms with Crippen molar-refractivity contribution in [3.05, 3.63) is 0 Å². The highest BCUT2D eigenvalue weighted by Gasteiger charge is 2.31. The molecule has 0 amide bonds. The molecule has 1 atom stereocenters. The first-order valence-corrected chi connectivity index (χ1v) is 6.79. The largest absolute Gasteiger partial charge is 0.355 e. The Morgan fingerprint density at radius 1 is 1.22 bits per heavy atom. The van der Waals surface area contributed by atoms with Gasteiger partial charge in [0.05, 0.1) is 0 Å². The molecule has 1 aliphatic carbocycles. The summed E-state index contributed by atoms with van der Waals surface area (Å²) in [5.74, 6) is 0.977. The van der Waals surface area contributed by atoms with E-state index in [-0.39, 0.29) is 24.0 Å². The summed E-state index contributed by atoms with van der Waals surface area (Å²) in [6.45, 7) is 7.22. The molecule has 18 heavy (non-hydrogen) atoms. The molecule has 0 aromatic heterocycles. The standard InChI is InChI=1S/C12H23N5.HI/c1-13-12(15-10-2-3-10)14-8-11-9-16-4-6-17(11)7-5-16;/h10-11H,2-9H2,1H3,(H2,13,14,15);1H. The van der Waals surface area contributed by atoms with Gasteiger partial charge in [0.1, 0.15) is 0 Å². The van der Waals surface area contributed by atoms with E-state index < -0.39 is 0 Å². The van der Waals surface area contributed by atoms with Crippen LogP contribution < -0.4 is 10.6 Å². The summed E-state index contributed by atoms with van der Waals surface area (Å²) in [6.07, 6.45) is 2.59. The van der Waals surface area contributed by atoms with Gasteiger partial charge in [0, 0.05) is 58.4 Å². The van der Waals surface area contributed by atoms with Crippen LogP contribution in [0.1, 0.15) is 12.8 Å². The Bertz CT molecular complexity index is 297. The third-order valence-corrected chi connectivity index (χ3v) is 4.04. The van der Waals surface area contributed by atoms with E-state index in [0.29, 0.717) is 12.1 Å². The fourth-order valence-electron chi connectivity index (χ4n) is 2.75. The van der Waals surface area contributed by atoms with Gasteiger partial charge in [0.2, 0.25) is 0 Å². The molecule has 1 unspecified atom stereocenters. The van der Waals surface area contributed by atoms with E-state index in [2.05, 4.69) is 25.4 Å². The summed E-state index contributed by atoms with van der Waals surface area (Å²) < 4.78 is 0. The topological polar surface area (TPSA) is 42.9 Å². The predicted molar refractivity (Wildman–Crippen MR) is 84.7 cm³/mol. The van der Waals surface area contributed by atoms with Gasteiger partial charge >= 0.3 is 0 Å². The van der Waals surface area contributed by atoms with Crippen LogP contribution in [0.4, 0.5) is 0 Å². The van der Waals surface area contributed by atoms with E-state index in [9.17, 15) is 0 Å². The average Bonchev–Trinajstić information content (AvgIpc) is 3.20. The number of fused-ring (bicyclic) bond motifs is 3. The average molecular weight is 365 g/mol. The predicted octanol–water partition coefficient (Wildman–Crippen LogP) is -0.0684. The van der Waals surface area contributed by atoms with Crippen LogP contribution in [0.2, 0.25) is 0 Å². The number of piperazine rings is 3. The quantitative estimate of drug-likeness (QED) is 0.418. The molecule has 6 heteroatoms. The first-order valence-electron chi connectivity index (χ1n) is 6.79. The maximum Gasteiger partial charge on any atom is 0.191 e. The summed E-state index contributed by atoms with van der Waals surface area (Å²) in [4.78, 5) is 9.46. The number of halogens is 1. The van der Waals surface area contributed by atoms with Crippen molar-refractivity contribution < 1.29 is 0 Å². The molecule has 4 aliphatic rings. The highest BCUT2D eigenvalue weighted by molar-refractivity contribution is 14.0. The van der Waals surface area contributed by atoms with Gasteiger partial charge in [0.15, 0.2) is 5.96 Å². The Kier molecular flexibility index (Phi) is 5.08. The summed E-state index contributed by atoms with van der Waals surface area (Å²) >= 11 is 0. The zero-order valence-electron chi connectivity index (χ0n) is 11.1. The van der Waals surface area contributed by atoms with Crippen molar-refractivity contribution >= 4 is 29.9 Å². The summed E-state index contributed by atoms with van der Waals surface area (Å²) in [7, 11) is 1.86. The molecule has 104 valence electrons. The normalized spacial score (nSPS) is 34.9. The van der Waals surface area contributed by atoms with Crippen molar-refractivity contribution in [1.29, 1.82) is 0 Å². The molecule has 3 heterocycles. The van der Waals surface area contributed by atoms with Gasteiger partial charge in [-0.2, -0.15) is 0 Å². The van der Waals surface area contributed by atoms with E-state index in [1.54, 1.807) is 0 Å². The number of nitrogens with one attached hydrogen (secondary N) is 2. The Balaban J connectivity index is 0.00000120. The second-order valence-electron chi connectivity index (χ2n) is 5.36. The third-order valence-electron chi connectivity index (χ3n) is 4.04. The van der Waals surface area contributed by atoms with Crippen LogP contribution in [0.15, 0.2) is 4.99 Å². The maximum atomic E-state index is 4.28. The number of aliphatic imine (C=N–C) groups is 1. The van der Waals surface area contributed by atoms with Gasteiger partial charge in [-0.05, 0) is 12.8 Å². The third kappa shape index (κ3) is 3.48. The number of hydrogen-bond donors (Lipinski definition) is 2. The molecule has 0 aromatic rings. The van der Waals surface area contributed by atoms with Gasteiger partial charge in [0.25, 0.3) is 0 Å². The van der Waals surface area contributed by atoms with Crippen molar-refractivity contribution in [2.45, 2.75) is 24.9 Å². The van der Waals surface area contributed by atoms with Gasteiger partial charge < -0.3 is 10.6 Å². The minimum Gasteiger partial charge on any atom is -0.355 e. The molecular formula is C12H24IN5. The first-order chi connectivity index (χ1) is 8.35. The van der Waals surface area contributed by atoms with Crippen LogP contribution in [-0.2, 0) is 0 Å². The SMILES string of the molecule is CN=C(NCC1CN2CCN1CC2)NC1CC1.I. The zero-order valence-corrected chi connectivity index (χ0v) is 13.4. The molecule has 2 N–H and O–H groups in total. The van der Waals surface area contributed by atoms with Crippen molar-refractivity contribution in [3.63, 3.8) is 0 Å². The van der Waals surface area contributed by atoms with E-state index in [1.807, 2.05) is 7.05 Å². The Morgan fingerprint density at radius 2 is 1.94 bits per heavy atom. The molecule has 0 spiro atoms. The molecule has 4 rings (SSSR count). The van der Waals surface area contributed by atoms with Crippen LogP contribution in [0.25, 0.3) is 0 Å². The van der Waals surface area contributed by atoms with E-state index in [0.717, 1.165) is 12.5 Å². The van der Waals surface area contributed by atoms with Crippen molar-refractivity contribution in [2.24, 2.45) is 4.99 Å². The Morgan fingerprint density at radius 3 is 2.44 bits per heavy atom. The van der Waals surface area contributed by atoms with Gasteiger partial charge in [-0.1, -0.05) is 0 Å². The van der Waals surface area contributed by atoms with Crippen molar-refractivity contribution in [1.82, 2.24) is 20.4 Å². The minimum atomic E-state index is 0. The zero-order chi connectivity index (χ0) is 11.7. The Hall–Kier alpha value is -0.0800. The lowest BCUT2D eigenvalue weighted by Gasteiger charge is -2.47. The lowest BCUT2D eigenvalue weighted by atomic mass is 10.1. The van der Waals surface area contributed by atoms with Crippen molar-refractivity contribution in [3.8, 4) is 0 Å². The van der Waals surface area contributed by atoms with Gasteiger partial charge in [-0.15, -0.1) is 24.0 Å². The smallest absolute Gasteiger partial charge is 0.191 e. The molecule has 3 saturated heterocycles. The fraction of sp³-hybridized carbons (Fsp3) is 0.917. The molecule has 3 aliphatic heterocycles. The molecule has 0 aromatic carbocycles. The van der Waals surface area contributed by atoms with Gasteiger partial charge in [-0.25, -0.2) is 0 Å². The molecular weight excluding hydrogens is 341 g/mol. The summed E-state index contributed by atoms with van der Waals surface area (Å²) in [6, 6.07) is 1.34. The molecule has 5 nitrogen and oxygen atoms in total. The van der Waals surface area contributed by atoms with Crippen LogP contribution >= 0.6 is 24.0 Å². The van der Waals surface area contributed by atoms with Crippen LogP contribution in [0.5, 0.6) is 0 Å². The summed E-state index contributed by atoms with van der Waals surface area (Å²) in [5, 5.41) is 6.90. The molecule has 2 bridgehead atoms. The van der Waals surface area contributed by atoms with Crippen LogP contribution in [0, 0.1) is 0 Å². The number of guanidine groups is 1. The van der Waals surface area contributed by atoms with E-state index in [1.165, 1.54) is 45.6 Å². The Labute approximate surface area is 126 Å². The second kappa shape index (κ2) is 6.38. The first kappa shape index (κ1) is 14.3. The van der Waals surface area contributed by atoms with E-state index in [4.69, 9.17) is 0 Å². The fourth-order valence-corrected chi connectivity index (χ4v) is 2.75. The second-order valence-corrected chi connectivity index (χ2v) is 5.36. The lowest BCUT2D eigenvalue weighted by Crippen LogP contribution is -2.63. The van der Waals surface area contributed by atoms with E-state index >= 15 is 0 Å². The maximum absolute atomic E-state index is 4.28. The minimum absolute atomic E-state index is 0. The molecule has 0 radical (unpaired) electrons. The summed E-state index contributed by atoms with van der Waals surface area (Å²) in [5.41, 5.74) is 0. The highest BCUT2D eigenvalue weighted by atomic mass is 127. The highest BCUT2D eigenvalue weighted by Crippen LogP contribution is 2.18. The van der Waals surface area contributed by atoms with Crippen LogP contribution in [-0.4, -0.2) is 74.2 Å². The number of nitrogens with zero attached hydrogens (tertiary/aromatic N) is 3. The van der Waals surface area contributed by atoms with Crippen molar-refractivity contribution in [2.75, 3.05) is 46.3 Å². The molecule has 1 saturated carbocycles. The molecule has 4 fully saturated rings. The van der Waals surface area contributed by atoms with Gasteiger partial charge in [-0.3, -0.25) is 14.8 Å². The lowest BCUT2D eigenvalue weighted by molar-refractivity contribution is 0.0154. The van der Waals surface area contributed by atoms with Crippen LogP contribution in [0.3, 0.4) is 0 Å².